The Labute approximate surface area is 98.3 Å². The van der Waals surface area contributed by atoms with E-state index in [0.717, 1.165) is 5.56 Å². The molecule has 4 heteroatoms. The summed E-state index contributed by atoms with van der Waals surface area (Å²) in [5, 5.41) is 2.72. The molecule has 1 aromatic heterocycles. The number of aryl methyl sites for hydroxylation is 1. The SMILES string of the molecule is Cc1ccc(NC(=O)c2cc[nH]c(=O)c2)cc1. The lowest BCUT2D eigenvalue weighted by atomic mass is 10.2. The molecule has 0 unspecified atom stereocenters. The van der Waals surface area contributed by atoms with Gasteiger partial charge in [0.15, 0.2) is 0 Å². The van der Waals surface area contributed by atoms with Gasteiger partial charge in [0.2, 0.25) is 5.56 Å². The van der Waals surface area contributed by atoms with Crippen LogP contribution in [0.4, 0.5) is 5.69 Å². The number of anilines is 1. The number of hydrogen-bond donors (Lipinski definition) is 2. The van der Waals surface area contributed by atoms with E-state index < -0.39 is 0 Å². The molecule has 2 aromatic rings. The maximum atomic E-state index is 11.8. The van der Waals surface area contributed by atoms with Gasteiger partial charge in [0.25, 0.3) is 5.91 Å². The fourth-order valence-electron chi connectivity index (χ4n) is 1.43. The predicted octanol–water partition coefficient (Wildman–Crippen LogP) is 1.94. The summed E-state index contributed by atoms with van der Waals surface area (Å²) in [6.45, 7) is 1.97. The number of carbonyl (C=O) groups excluding carboxylic acids is 1. The van der Waals surface area contributed by atoms with Crippen molar-refractivity contribution < 1.29 is 4.79 Å². The van der Waals surface area contributed by atoms with E-state index in [4.69, 9.17) is 0 Å². The Hall–Kier alpha value is -2.36. The molecular formula is C13H12N2O2. The van der Waals surface area contributed by atoms with Gasteiger partial charge in [0.1, 0.15) is 0 Å². The van der Waals surface area contributed by atoms with Crippen LogP contribution in [0.25, 0.3) is 0 Å². The number of aromatic amines is 1. The van der Waals surface area contributed by atoms with Gasteiger partial charge in [0.05, 0.1) is 0 Å². The number of pyridine rings is 1. The van der Waals surface area contributed by atoms with Gasteiger partial charge >= 0.3 is 0 Å². The second kappa shape index (κ2) is 4.65. The molecule has 2 N–H and O–H groups in total. The number of nitrogens with one attached hydrogen (secondary N) is 2. The second-order valence-electron chi connectivity index (χ2n) is 3.76. The lowest BCUT2D eigenvalue weighted by molar-refractivity contribution is 0.102. The minimum absolute atomic E-state index is 0.290. The van der Waals surface area contributed by atoms with Crippen LogP contribution in [0.5, 0.6) is 0 Å². The van der Waals surface area contributed by atoms with Gasteiger partial charge in [-0.2, -0.15) is 0 Å². The number of hydrogen-bond acceptors (Lipinski definition) is 2. The Morgan fingerprint density at radius 3 is 2.53 bits per heavy atom. The summed E-state index contributed by atoms with van der Waals surface area (Å²) < 4.78 is 0. The molecule has 86 valence electrons. The smallest absolute Gasteiger partial charge is 0.255 e. The average Bonchev–Trinajstić information content (AvgIpc) is 2.32. The van der Waals surface area contributed by atoms with Gasteiger partial charge in [-0.1, -0.05) is 17.7 Å². The molecule has 17 heavy (non-hydrogen) atoms. The lowest BCUT2D eigenvalue weighted by Crippen LogP contribution is -2.15. The van der Waals surface area contributed by atoms with Crippen molar-refractivity contribution in [3.05, 3.63) is 64.1 Å². The molecule has 1 aromatic carbocycles. The molecule has 0 saturated carbocycles. The normalized spacial score (nSPS) is 9.94. The Kier molecular flexibility index (Phi) is 3.05. The Balaban J connectivity index is 2.17. The van der Waals surface area contributed by atoms with Gasteiger partial charge in [-0.15, -0.1) is 0 Å². The minimum Gasteiger partial charge on any atom is -0.329 e. The molecule has 0 bridgehead atoms. The van der Waals surface area contributed by atoms with E-state index in [2.05, 4.69) is 10.3 Å². The third kappa shape index (κ3) is 2.81. The lowest BCUT2D eigenvalue weighted by Gasteiger charge is -2.04. The number of carbonyl (C=O) groups is 1. The zero-order valence-corrected chi connectivity index (χ0v) is 9.36. The number of H-pyrrole nitrogens is 1. The molecule has 1 heterocycles. The van der Waals surface area contributed by atoms with Crippen molar-refractivity contribution in [2.75, 3.05) is 5.32 Å². The van der Waals surface area contributed by atoms with Gasteiger partial charge in [0, 0.05) is 23.5 Å². The average molecular weight is 228 g/mol. The van der Waals surface area contributed by atoms with E-state index in [0.29, 0.717) is 11.3 Å². The van der Waals surface area contributed by atoms with E-state index in [1.165, 1.54) is 12.3 Å². The van der Waals surface area contributed by atoms with Crippen molar-refractivity contribution in [1.29, 1.82) is 0 Å². The monoisotopic (exact) mass is 228 g/mol. The van der Waals surface area contributed by atoms with Gasteiger partial charge in [-0.3, -0.25) is 9.59 Å². The molecule has 0 fully saturated rings. The number of benzene rings is 1. The summed E-state index contributed by atoms with van der Waals surface area (Å²) in [5.41, 5.74) is 1.89. The van der Waals surface area contributed by atoms with Gasteiger partial charge in [-0.05, 0) is 25.1 Å². The first-order valence-corrected chi connectivity index (χ1v) is 5.22. The van der Waals surface area contributed by atoms with E-state index in [1.54, 1.807) is 6.07 Å². The zero-order valence-electron chi connectivity index (χ0n) is 9.36. The second-order valence-corrected chi connectivity index (χ2v) is 3.76. The van der Waals surface area contributed by atoms with Crippen molar-refractivity contribution in [2.24, 2.45) is 0 Å². The molecule has 0 saturated heterocycles. The molecule has 0 aliphatic carbocycles. The van der Waals surface area contributed by atoms with Crippen LogP contribution in [0.15, 0.2) is 47.4 Å². The number of rotatable bonds is 2. The first-order chi connectivity index (χ1) is 8.15. The van der Waals surface area contributed by atoms with Gasteiger partial charge < -0.3 is 10.3 Å². The maximum Gasteiger partial charge on any atom is 0.255 e. The van der Waals surface area contributed by atoms with Crippen molar-refractivity contribution in [1.82, 2.24) is 4.98 Å². The Morgan fingerprint density at radius 2 is 1.88 bits per heavy atom. The van der Waals surface area contributed by atoms with E-state index in [1.807, 2.05) is 31.2 Å². The fourth-order valence-corrected chi connectivity index (χ4v) is 1.43. The largest absolute Gasteiger partial charge is 0.329 e. The molecule has 0 aliphatic rings. The number of amides is 1. The molecule has 0 radical (unpaired) electrons. The first kappa shape index (κ1) is 11.1. The fraction of sp³-hybridized carbons (Fsp3) is 0.0769. The van der Waals surface area contributed by atoms with Crippen LogP contribution >= 0.6 is 0 Å². The standard InChI is InChI=1S/C13H12N2O2/c1-9-2-4-11(5-3-9)15-13(17)10-6-7-14-12(16)8-10/h2-8H,1H3,(H,14,16)(H,15,17). The predicted molar refractivity (Wildman–Crippen MR) is 66.2 cm³/mol. The highest BCUT2D eigenvalue weighted by atomic mass is 16.2. The first-order valence-electron chi connectivity index (χ1n) is 5.22. The third-order valence-electron chi connectivity index (χ3n) is 2.35. The Bertz CT molecular complexity index is 585. The third-order valence-corrected chi connectivity index (χ3v) is 2.35. The Morgan fingerprint density at radius 1 is 1.18 bits per heavy atom. The molecule has 1 amide bonds. The van der Waals surface area contributed by atoms with E-state index in [9.17, 15) is 9.59 Å². The van der Waals surface area contributed by atoms with Crippen LogP contribution in [-0.4, -0.2) is 10.9 Å². The highest BCUT2D eigenvalue weighted by Gasteiger charge is 2.05. The molecule has 0 atom stereocenters. The molecular weight excluding hydrogens is 216 g/mol. The topological polar surface area (TPSA) is 62.0 Å². The van der Waals surface area contributed by atoms with Crippen molar-refractivity contribution in [3.8, 4) is 0 Å². The van der Waals surface area contributed by atoms with Crippen molar-refractivity contribution in [2.45, 2.75) is 6.92 Å². The molecule has 0 spiro atoms. The quantitative estimate of drug-likeness (QED) is 0.825. The van der Waals surface area contributed by atoms with Crippen LogP contribution in [0, 0.1) is 6.92 Å². The van der Waals surface area contributed by atoms with E-state index >= 15 is 0 Å². The van der Waals surface area contributed by atoms with Crippen molar-refractivity contribution in [3.63, 3.8) is 0 Å². The number of aromatic nitrogens is 1. The van der Waals surface area contributed by atoms with E-state index in [-0.39, 0.29) is 11.5 Å². The van der Waals surface area contributed by atoms with Crippen LogP contribution in [0.2, 0.25) is 0 Å². The summed E-state index contributed by atoms with van der Waals surface area (Å²) in [6.07, 6.45) is 1.45. The summed E-state index contributed by atoms with van der Waals surface area (Å²) in [6, 6.07) is 10.3. The maximum absolute atomic E-state index is 11.8. The summed E-state index contributed by atoms with van der Waals surface area (Å²) in [5.74, 6) is -0.292. The van der Waals surface area contributed by atoms with Crippen LogP contribution < -0.4 is 10.9 Å². The van der Waals surface area contributed by atoms with Crippen LogP contribution in [0.3, 0.4) is 0 Å². The highest BCUT2D eigenvalue weighted by molar-refractivity contribution is 6.04. The molecule has 2 rings (SSSR count). The van der Waals surface area contributed by atoms with Crippen LogP contribution in [0.1, 0.15) is 15.9 Å². The zero-order chi connectivity index (χ0) is 12.3. The summed E-state index contributed by atoms with van der Waals surface area (Å²) >= 11 is 0. The van der Waals surface area contributed by atoms with Gasteiger partial charge in [-0.25, -0.2) is 0 Å². The molecule has 4 nitrogen and oxygen atoms in total. The minimum atomic E-state index is -0.292. The highest BCUT2D eigenvalue weighted by Crippen LogP contribution is 2.09. The summed E-state index contributed by atoms with van der Waals surface area (Å²) in [4.78, 5) is 25.3. The molecule has 0 aliphatic heterocycles. The van der Waals surface area contributed by atoms with Crippen LogP contribution in [-0.2, 0) is 0 Å². The summed E-state index contributed by atoms with van der Waals surface area (Å²) in [7, 11) is 0. The van der Waals surface area contributed by atoms with Crippen molar-refractivity contribution >= 4 is 11.6 Å².